The number of aromatic nitrogens is 1. The molecule has 0 atom stereocenters. The zero-order valence-corrected chi connectivity index (χ0v) is 15.7. The molecule has 3 rings (SSSR count). The molecule has 1 saturated heterocycles. The van der Waals surface area contributed by atoms with Crippen LogP contribution in [0.1, 0.15) is 19.0 Å². The minimum atomic E-state index is -0.210. The Kier molecular flexibility index (Phi) is 6.93. The van der Waals surface area contributed by atoms with E-state index in [0.717, 1.165) is 29.4 Å². The molecule has 0 bridgehead atoms. The second-order valence-corrected chi connectivity index (χ2v) is 7.32. The van der Waals surface area contributed by atoms with E-state index in [1.807, 2.05) is 0 Å². The van der Waals surface area contributed by atoms with Crippen molar-refractivity contribution in [2.24, 2.45) is 0 Å². The van der Waals surface area contributed by atoms with Crippen LogP contribution >= 0.6 is 11.3 Å². The molecule has 0 spiro atoms. The van der Waals surface area contributed by atoms with Gasteiger partial charge in [-0.1, -0.05) is 6.92 Å². The number of piperazine rings is 1. The summed E-state index contributed by atoms with van der Waals surface area (Å²) in [6.07, 6.45) is 1.17. The standard InChI is InChI=1S/C19H27FN4S/c1-2-23-10-12-24(13-11-23)9-3-8-21-14-18-15-25-19(22-18)16-4-6-17(20)7-5-16/h4-7,15,21H,2-3,8-14H2,1H3. The van der Waals surface area contributed by atoms with Gasteiger partial charge < -0.3 is 15.1 Å². The summed E-state index contributed by atoms with van der Waals surface area (Å²) in [5.74, 6) is -0.210. The lowest BCUT2D eigenvalue weighted by Gasteiger charge is -2.33. The number of nitrogens with one attached hydrogen (secondary N) is 1. The molecule has 0 amide bonds. The third-order valence-corrected chi connectivity index (χ3v) is 5.63. The molecule has 1 aromatic carbocycles. The van der Waals surface area contributed by atoms with Crippen molar-refractivity contribution in [1.82, 2.24) is 20.1 Å². The number of thiazole rings is 1. The number of nitrogens with zero attached hydrogens (tertiary/aromatic N) is 3. The van der Waals surface area contributed by atoms with E-state index in [0.29, 0.717) is 0 Å². The predicted molar refractivity (Wildman–Crippen MR) is 102 cm³/mol. The molecule has 1 N–H and O–H groups in total. The van der Waals surface area contributed by atoms with Gasteiger partial charge in [-0.25, -0.2) is 9.37 Å². The molecule has 0 radical (unpaired) electrons. The van der Waals surface area contributed by atoms with E-state index in [4.69, 9.17) is 0 Å². The maximum Gasteiger partial charge on any atom is 0.123 e. The highest BCUT2D eigenvalue weighted by molar-refractivity contribution is 7.13. The lowest BCUT2D eigenvalue weighted by atomic mass is 10.2. The highest BCUT2D eigenvalue weighted by Crippen LogP contribution is 2.23. The van der Waals surface area contributed by atoms with E-state index in [1.165, 1.54) is 57.8 Å². The summed E-state index contributed by atoms with van der Waals surface area (Å²) in [6, 6.07) is 6.53. The molecule has 0 saturated carbocycles. The van der Waals surface area contributed by atoms with Crippen molar-refractivity contribution in [3.05, 3.63) is 41.2 Å². The van der Waals surface area contributed by atoms with Crippen LogP contribution in [-0.4, -0.2) is 60.6 Å². The van der Waals surface area contributed by atoms with E-state index in [9.17, 15) is 4.39 Å². The average Bonchev–Trinajstić information content (AvgIpc) is 3.11. The second-order valence-electron chi connectivity index (χ2n) is 6.46. The summed E-state index contributed by atoms with van der Waals surface area (Å²) in [5.41, 5.74) is 2.03. The van der Waals surface area contributed by atoms with Crippen LogP contribution in [0.25, 0.3) is 10.6 Å². The quantitative estimate of drug-likeness (QED) is 0.732. The predicted octanol–water partition coefficient (Wildman–Crippen LogP) is 3.07. The summed E-state index contributed by atoms with van der Waals surface area (Å²) in [5, 5.41) is 6.51. The average molecular weight is 363 g/mol. The van der Waals surface area contributed by atoms with Crippen LogP contribution in [0.15, 0.2) is 29.6 Å². The number of hydrogen-bond donors (Lipinski definition) is 1. The third-order valence-electron chi connectivity index (χ3n) is 4.69. The van der Waals surface area contributed by atoms with Crippen molar-refractivity contribution in [2.75, 3.05) is 45.8 Å². The zero-order chi connectivity index (χ0) is 17.5. The Balaban J connectivity index is 1.34. The van der Waals surface area contributed by atoms with Gasteiger partial charge in [0.15, 0.2) is 0 Å². The maximum atomic E-state index is 13.0. The smallest absolute Gasteiger partial charge is 0.123 e. The minimum absolute atomic E-state index is 0.210. The Hall–Kier alpha value is -1.34. The summed E-state index contributed by atoms with van der Waals surface area (Å²) < 4.78 is 13.0. The van der Waals surface area contributed by atoms with Crippen LogP contribution in [0, 0.1) is 5.82 Å². The largest absolute Gasteiger partial charge is 0.311 e. The molecule has 1 fully saturated rings. The molecule has 0 unspecified atom stereocenters. The Morgan fingerprint density at radius 2 is 1.84 bits per heavy atom. The molecule has 2 aromatic rings. The van der Waals surface area contributed by atoms with Gasteiger partial charge in [0.05, 0.1) is 5.69 Å². The number of rotatable bonds is 8. The van der Waals surface area contributed by atoms with Crippen molar-refractivity contribution >= 4 is 11.3 Å². The van der Waals surface area contributed by atoms with Gasteiger partial charge in [-0.3, -0.25) is 0 Å². The fourth-order valence-electron chi connectivity index (χ4n) is 3.09. The van der Waals surface area contributed by atoms with Gasteiger partial charge >= 0.3 is 0 Å². The fraction of sp³-hybridized carbons (Fsp3) is 0.526. The van der Waals surface area contributed by atoms with E-state index in [2.05, 4.69) is 32.4 Å². The fourth-order valence-corrected chi connectivity index (χ4v) is 3.91. The van der Waals surface area contributed by atoms with Crippen LogP contribution in [0.2, 0.25) is 0 Å². The lowest BCUT2D eigenvalue weighted by molar-refractivity contribution is 0.136. The van der Waals surface area contributed by atoms with Crippen molar-refractivity contribution < 1.29 is 4.39 Å². The maximum absolute atomic E-state index is 13.0. The summed E-state index contributed by atoms with van der Waals surface area (Å²) in [6.45, 7) is 11.2. The van der Waals surface area contributed by atoms with E-state index >= 15 is 0 Å². The first-order valence-electron chi connectivity index (χ1n) is 9.10. The highest BCUT2D eigenvalue weighted by atomic mass is 32.1. The van der Waals surface area contributed by atoms with E-state index in [1.54, 1.807) is 23.5 Å². The van der Waals surface area contributed by atoms with Gasteiger partial charge in [0.2, 0.25) is 0 Å². The van der Waals surface area contributed by atoms with E-state index < -0.39 is 0 Å². The minimum Gasteiger partial charge on any atom is -0.311 e. The van der Waals surface area contributed by atoms with Gasteiger partial charge in [0.25, 0.3) is 0 Å². The molecule has 136 valence electrons. The monoisotopic (exact) mass is 362 g/mol. The molecule has 1 aliphatic rings. The number of halogens is 1. The molecule has 0 aliphatic carbocycles. The summed E-state index contributed by atoms with van der Waals surface area (Å²) in [4.78, 5) is 9.70. The molecule has 6 heteroatoms. The van der Waals surface area contributed by atoms with Gasteiger partial charge in [-0.15, -0.1) is 11.3 Å². The normalized spacial score (nSPS) is 16.4. The van der Waals surface area contributed by atoms with Gasteiger partial charge in [0.1, 0.15) is 10.8 Å². The molecule has 4 nitrogen and oxygen atoms in total. The van der Waals surface area contributed by atoms with Crippen LogP contribution < -0.4 is 5.32 Å². The Morgan fingerprint density at radius 1 is 1.12 bits per heavy atom. The molecule has 25 heavy (non-hydrogen) atoms. The second kappa shape index (κ2) is 9.38. The van der Waals surface area contributed by atoms with Crippen LogP contribution in [0.4, 0.5) is 4.39 Å². The lowest BCUT2D eigenvalue weighted by Crippen LogP contribution is -2.46. The number of likely N-dealkylation sites (N-methyl/N-ethyl adjacent to an activating group) is 1. The molecule has 2 heterocycles. The summed E-state index contributed by atoms with van der Waals surface area (Å²) >= 11 is 1.61. The topological polar surface area (TPSA) is 31.4 Å². The molecule has 1 aliphatic heterocycles. The highest BCUT2D eigenvalue weighted by Gasteiger charge is 2.14. The van der Waals surface area contributed by atoms with Gasteiger partial charge in [-0.2, -0.15) is 0 Å². The number of benzene rings is 1. The summed E-state index contributed by atoms with van der Waals surface area (Å²) in [7, 11) is 0. The van der Waals surface area contributed by atoms with Gasteiger partial charge in [-0.05, 0) is 50.3 Å². The Labute approximate surface area is 153 Å². The zero-order valence-electron chi connectivity index (χ0n) is 14.9. The van der Waals surface area contributed by atoms with Crippen molar-refractivity contribution in [3.63, 3.8) is 0 Å². The molecular weight excluding hydrogens is 335 g/mol. The van der Waals surface area contributed by atoms with Crippen LogP contribution in [-0.2, 0) is 6.54 Å². The first-order chi connectivity index (χ1) is 12.2. The van der Waals surface area contributed by atoms with Crippen molar-refractivity contribution in [3.8, 4) is 10.6 Å². The SMILES string of the molecule is CCN1CCN(CCCNCc2csc(-c3ccc(F)cc3)n2)CC1. The Bertz CT molecular complexity index is 635. The first kappa shape index (κ1) is 18.5. The van der Waals surface area contributed by atoms with Crippen molar-refractivity contribution in [1.29, 1.82) is 0 Å². The van der Waals surface area contributed by atoms with Crippen LogP contribution in [0.5, 0.6) is 0 Å². The third kappa shape index (κ3) is 5.57. The van der Waals surface area contributed by atoms with Crippen molar-refractivity contribution in [2.45, 2.75) is 19.9 Å². The molecule has 1 aromatic heterocycles. The molecular formula is C19H27FN4S. The number of hydrogen-bond acceptors (Lipinski definition) is 5. The van der Waals surface area contributed by atoms with E-state index in [-0.39, 0.29) is 5.82 Å². The first-order valence-corrected chi connectivity index (χ1v) is 9.98. The Morgan fingerprint density at radius 3 is 2.56 bits per heavy atom. The van der Waals surface area contributed by atoms with Gasteiger partial charge in [0, 0.05) is 43.7 Å². The van der Waals surface area contributed by atoms with Crippen LogP contribution in [0.3, 0.4) is 0 Å².